The molecule has 0 atom stereocenters. The number of hydrogen-bond donors (Lipinski definition) is 4. The van der Waals surface area contributed by atoms with Gasteiger partial charge < -0.3 is 20.8 Å². The van der Waals surface area contributed by atoms with E-state index in [1.54, 1.807) is 6.07 Å². The molecule has 4 N–H and O–H groups in total. The van der Waals surface area contributed by atoms with Gasteiger partial charge in [0.15, 0.2) is 0 Å². The molecule has 0 saturated carbocycles. The van der Waals surface area contributed by atoms with Crippen molar-refractivity contribution in [3.63, 3.8) is 0 Å². The van der Waals surface area contributed by atoms with Gasteiger partial charge in [-0.1, -0.05) is 12.1 Å². The monoisotopic (exact) mass is 289 g/mol. The Hall–Kier alpha value is -3.29. The van der Waals surface area contributed by atoms with Gasteiger partial charge in [0.2, 0.25) is 0 Å². The number of nitro groups is 1. The van der Waals surface area contributed by atoms with E-state index in [4.69, 9.17) is 0 Å². The maximum absolute atomic E-state index is 11.8. The average molecular weight is 289 g/mol. The molecule has 0 bridgehead atoms. The highest BCUT2D eigenvalue weighted by Crippen LogP contribution is 2.25. The number of aromatic hydroxyl groups is 2. The number of phenols is 2. The van der Waals surface area contributed by atoms with Crippen LogP contribution in [0.15, 0.2) is 42.5 Å². The lowest BCUT2D eigenvalue weighted by Gasteiger charge is -2.08. The van der Waals surface area contributed by atoms with Gasteiger partial charge in [-0.25, -0.2) is 4.79 Å². The minimum absolute atomic E-state index is 0.0318. The summed E-state index contributed by atoms with van der Waals surface area (Å²) in [5.41, 5.74) is -0.0700. The number of hydrogen-bond acceptors (Lipinski definition) is 5. The number of anilines is 2. The molecule has 0 fully saturated rings. The summed E-state index contributed by atoms with van der Waals surface area (Å²) in [4.78, 5) is 22.0. The smallest absolute Gasteiger partial charge is 0.323 e. The van der Waals surface area contributed by atoms with Crippen LogP contribution in [0.5, 0.6) is 11.5 Å². The molecule has 0 radical (unpaired) electrons. The van der Waals surface area contributed by atoms with Gasteiger partial charge in [-0.05, 0) is 6.07 Å². The summed E-state index contributed by atoms with van der Waals surface area (Å²) in [6.45, 7) is 0. The van der Waals surface area contributed by atoms with Crippen molar-refractivity contribution in [1.29, 1.82) is 0 Å². The van der Waals surface area contributed by atoms with E-state index in [0.717, 1.165) is 6.07 Å². The zero-order chi connectivity index (χ0) is 15.4. The quantitative estimate of drug-likeness (QED) is 0.510. The van der Waals surface area contributed by atoms with Crippen LogP contribution in [-0.4, -0.2) is 21.2 Å². The summed E-state index contributed by atoms with van der Waals surface area (Å²) in [5.74, 6) is -0.452. The van der Waals surface area contributed by atoms with Crippen LogP contribution >= 0.6 is 0 Å². The summed E-state index contributed by atoms with van der Waals surface area (Å²) in [5, 5.41) is 34.1. The number of rotatable bonds is 3. The lowest BCUT2D eigenvalue weighted by Crippen LogP contribution is -2.20. The summed E-state index contributed by atoms with van der Waals surface area (Å²) in [7, 11) is 0. The molecule has 21 heavy (non-hydrogen) atoms. The van der Waals surface area contributed by atoms with Gasteiger partial charge in [-0.2, -0.15) is 0 Å². The fourth-order valence-electron chi connectivity index (χ4n) is 1.69. The molecule has 0 aliphatic rings. The van der Waals surface area contributed by atoms with Crippen LogP contribution in [0.3, 0.4) is 0 Å². The number of carbonyl (C=O) groups excluding carboxylic acids is 1. The molecule has 0 saturated heterocycles. The van der Waals surface area contributed by atoms with Crippen molar-refractivity contribution in [2.45, 2.75) is 0 Å². The van der Waals surface area contributed by atoms with Crippen LogP contribution in [0.1, 0.15) is 0 Å². The maximum atomic E-state index is 11.8. The molecule has 8 heteroatoms. The fraction of sp³-hybridized carbons (Fsp3) is 0. The Balaban J connectivity index is 2.14. The Morgan fingerprint density at radius 3 is 2.29 bits per heavy atom. The third-order valence-corrected chi connectivity index (χ3v) is 2.51. The Labute approximate surface area is 118 Å². The van der Waals surface area contributed by atoms with Crippen LogP contribution in [-0.2, 0) is 0 Å². The number of urea groups is 1. The molecule has 2 amide bonds. The molecule has 8 nitrogen and oxygen atoms in total. The maximum Gasteiger partial charge on any atom is 0.323 e. The highest BCUT2D eigenvalue weighted by Gasteiger charge is 2.14. The van der Waals surface area contributed by atoms with E-state index in [0.29, 0.717) is 0 Å². The first-order valence-electron chi connectivity index (χ1n) is 5.80. The molecule has 0 aliphatic heterocycles. The summed E-state index contributed by atoms with van der Waals surface area (Å²) < 4.78 is 0. The van der Waals surface area contributed by atoms with E-state index >= 15 is 0 Å². The van der Waals surface area contributed by atoms with Crippen LogP contribution < -0.4 is 10.6 Å². The Morgan fingerprint density at radius 2 is 1.67 bits per heavy atom. The molecule has 0 heterocycles. The zero-order valence-corrected chi connectivity index (χ0v) is 10.6. The van der Waals surface area contributed by atoms with Gasteiger partial charge in [0, 0.05) is 30.0 Å². The van der Waals surface area contributed by atoms with Crippen molar-refractivity contribution in [3.8, 4) is 11.5 Å². The lowest BCUT2D eigenvalue weighted by atomic mass is 10.2. The van der Waals surface area contributed by atoms with E-state index < -0.39 is 11.0 Å². The number of para-hydroxylation sites is 2. The molecular weight excluding hydrogens is 278 g/mol. The van der Waals surface area contributed by atoms with E-state index in [1.165, 1.54) is 30.3 Å². The average Bonchev–Trinajstić information content (AvgIpc) is 2.37. The van der Waals surface area contributed by atoms with Crippen LogP contribution in [0.2, 0.25) is 0 Å². The molecule has 2 aromatic rings. The highest BCUT2D eigenvalue weighted by molar-refractivity contribution is 6.01. The number of carbonyl (C=O) groups is 1. The van der Waals surface area contributed by atoms with Crippen molar-refractivity contribution < 1.29 is 19.9 Å². The zero-order valence-electron chi connectivity index (χ0n) is 10.6. The third-order valence-electron chi connectivity index (χ3n) is 2.51. The topological polar surface area (TPSA) is 125 Å². The van der Waals surface area contributed by atoms with Gasteiger partial charge in [-0.3, -0.25) is 10.1 Å². The number of nitrogens with one attached hydrogen (secondary N) is 2. The van der Waals surface area contributed by atoms with Crippen molar-refractivity contribution in [2.24, 2.45) is 0 Å². The van der Waals surface area contributed by atoms with Crippen molar-refractivity contribution in [2.75, 3.05) is 10.6 Å². The van der Waals surface area contributed by atoms with Gasteiger partial charge in [0.25, 0.3) is 5.69 Å². The first-order valence-corrected chi connectivity index (χ1v) is 5.80. The van der Waals surface area contributed by atoms with Crippen molar-refractivity contribution >= 4 is 23.1 Å². The van der Waals surface area contributed by atoms with E-state index in [9.17, 15) is 25.1 Å². The second kappa shape index (κ2) is 5.78. The van der Waals surface area contributed by atoms with Crippen LogP contribution in [0.25, 0.3) is 0 Å². The number of benzene rings is 2. The molecular formula is C13H11N3O5. The molecule has 0 aliphatic carbocycles. The van der Waals surface area contributed by atoms with Crippen LogP contribution in [0, 0.1) is 10.1 Å². The fourth-order valence-corrected chi connectivity index (χ4v) is 1.69. The van der Waals surface area contributed by atoms with Gasteiger partial charge in [0.05, 0.1) is 4.92 Å². The second-order valence-corrected chi connectivity index (χ2v) is 4.09. The SMILES string of the molecule is O=C(Nc1cc(O)cc(O)c1)Nc1ccccc1[N+](=O)[O-]. The largest absolute Gasteiger partial charge is 0.508 e. The van der Waals surface area contributed by atoms with Gasteiger partial charge >= 0.3 is 6.03 Å². The van der Waals surface area contributed by atoms with E-state index in [-0.39, 0.29) is 28.6 Å². The normalized spacial score (nSPS) is 9.90. The lowest BCUT2D eigenvalue weighted by molar-refractivity contribution is -0.383. The molecule has 0 aromatic heterocycles. The molecule has 0 unspecified atom stereocenters. The molecule has 0 spiro atoms. The van der Waals surface area contributed by atoms with Crippen molar-refractivity contribution in [1.82, 2.24) is 0 Å². The van der Waals surface area contributed by atoms with Gasteiger partial charge in [-0.15, -0.1) is 0 Å². The minimum atomic E-state index is -0.741. The van der Waals surface area contributed by atoms with E-state index in [1.807, 2.05) is 0 Å². The summed E-state index contributed by atoms with van der Waals surface area (Å²) >= 11 is 0. The molecule has 2 aromatic carbocycles. The Kier molecular flexibility index (Phi) is 3.89. The molecule has 2 rings (SSSR count). The molecule has 108 valence electrons. The second-order valence-electron chi connectivity index (χ2n) is 4.09. The number of nitrogens with zero attached hydrogens (tertiary/aromatic N) is 1. The Bertz CT molecular complexity index is 682. The predicted molar refractivity (Wildman–Crippen MR) is 75.5 cm³/mol. The van der Waals surface area contributed by atoms with Gasteiger partial charge in [0.1, 0.15) is 17.2 Å². The van der Waals surface area contributed by atoms with Crippen molar-refractivity contribution in [3.05, 3.63) is 52.6 Å². The highest BCUT2D eigenvalue weighted by atomic mass is 16.6. The number of amides is 2. The summed E-state index contributed by atoms with van der Waals surface area (Å²) in [6.07, 6.45) is 0. The van der Waals surface area contributed by atoms with E-state index in [2.05, 4.69) is 10.6 Å². The number of phenolic OH excluding ortho intramolecular Hbond substituents is 2. The van der Waals surface area contributed by atoms with Crippen LogP contribution in [0.4, 0.5) is 21.9 Å². The number of nitro benzene ring substituents is 1. The standard InChI is InChI=1S/C13H11N3O5/c17-9-5-8(6-10(18)7-9)14-13(19)15-11-3-1-2-4-12(11)16(20)21/h1-7,17-18H,(H2,14,15,19). The first kappa shape index (κ1) is 14.1. The Morgan fingerprint density at radius 1 is 1.05 bits per heavy atom. The minimum Gasteiger partial charge on any atom is -0.508 e. The predicted octanol–water partition coefficient (Wildman–Crippen LogP) is 2.65. The third kappa shape index (κ3) is 3.60. The summed E-state index contributed by atoms with van der Waals surface area (Å²) in [6, 6.07) is 8.47. The first-order chi connectivity index (χ1) is 9.95.